The van der Waals surface area contributed by atoms with E-state index in [0.29, 0.717) is 35.7 Å². The van der Waals surface area contributed by atoms with Gasteiger partial charge in [-0.1, -0.05) is 18.2 Å². The molecule has 3 aromatic carbocycles. The Morgan fingerprint density at radius 1 is 0.848 bits per heavy atom. The highest BCUT2D eigenvalue weighted by atomic mass is 32.2. The van der Waals surface area contributed by atoms with Crippen LogP contribution in [0, 0.1) is 17.5 Å². The molecule has 0 aromatic heterocycles. The third-order valence-electron chi connectivity index (χ3n) is 5.20. The molecular formula is C22H19F3N2O4S2. The third-order valence-corrected chi connectivity index (χ3v) is 8.36. The number of hydrogen-bond acceptors (Lipinski definition) is 4. The molecule has 4 rings (SSSR count). The van der Waals surface area contributed by atoms with E-state index in [1.807, 2.05) is 0 Å². The van der Waals surface area contributed by atoms with Crippen molar-refractivity contribution in [2.45, 2.75) is 23.5 Å². The molecule has 0 amide bonds. The predicted molar refractivity (Wildman–Crippen MR) is 118 cm³/mol. The first-order valence-corrected chi connectivity index (χ1v) is 13.0. The summed E-state index contributed by atoms with van der Waals surface area (Å²) in [5.41, 5.74) is 1.46. The van der Waals surface area contributed by atoms with E-state index in [1.54, 1.807) is 6.07 Å². The van der Waals surface area contributed by atoms with E-state index in [4.69, 9.17) is 0 Å². The number of rotatable bonds is 6. The van der Waals surface area contributed by atoms with E-state index in [1.165, 1.54) is 40.7 Å². The van der Waals surface area contributed by atoms with Crippen LogP contribution < -0.4 is 9.03 Å². The average molecular weight is 497 g/mol. The van der Waals surface area contributed by atoms with Gasteiger partial charge in [0.1, 0.15) is 22.3 Å². The molecule has 11 heteroatoms. The summed E-state index contributed by atoms with van der Waals surface area (Å²) in [5, 5.41) is 0. The zero-order valence-corrected chi connectivity index (χ0v) is 18.8. The third kappa shape index (κ3) is 4.98. The summed E-state index contributed by atoms with van der Waals surface area (Å²) in [7, 11) is -8.24. The largest absolute Gasteiger partial charge is 0.279 e. The number of aryl methyl sites for hydroxylation is 1. The normalized spacial score (nSPS) is 14.1. The van der Waals surface area contributed by atoms with Crippen LogP contribution in [0.3, 0.4) is 0 Å². The molecule has 6 nitrogen and oxygen atoms in total. The van der Waals surface area contributed by atoms with E-state index in [0.717, 1.165) is 12.1 Å². The van der Waals surface area contributed by atoms with E-state index in [-0.39, 0.29) is 18.0 Å². The fraction of sp³-hybridized carbons (Fsp3) is 0.182. The maximum absolute atomic E-state index is 14.0. The minimum atomic E-state index is -4.39. The summed E-state index contributed by atoms with van der Waals surface area (Å²) in [6, 6.07) is 11.7. The lowest BCUT2D eigenvalue weighted by molar-refractivity contribution is 0.551. The van der Waals surface area contributed by atoms with Crippen molar-refractivity contribution in [3.8, 4) is 0 Å². The molecule has 0 saturated heterocycles. The standard InChI is InChI=1S/C22H19F3N2O4S2/c23-17-6-3-15(4-7-17)14-32(28,29)27-11-1-2-16-5-9-19(13-21(16)27)26-33(30,31)22-10-8-18(24)12-20(22)25/h3-10,12-13,26H,1-2,11,14H2. The summed E-state index contributed by atoms with van der Waals surface area (Å²) in [6.45, 7) is 0.194. The fourth-order valence-electron chi connectivity index (χ4n) is 3.67. The highest BCUT2D eigenvalue weighted by molar-refractivity contribution is 7.92. The Hall–Kier alpha value is -3.05. The lowest BCUT2D eigenvalue weighted by atomic mass is 10.0. The fourth-order valence-corrected chi connectivity index (χ4v) is 6.42. The molecule has 0 spiro atoms. The van der Waals surface area contributed by atoms with Crippen molar-refractivity contribution in [2.75, 3.05) is 15.6 Å². The van der Waals surface area contributed by atoms with E-state index >= 15 is 0 Å². The average Bonchev–Trinajstić information content (AvgIpc) is 2.74. The van der Waals surface area contributed by atoms with Crippen molar-refractivity contribution in [1.29, 1.82) is 0 Å². The van der Waals surface area contributed by atoms with Crippen LogP contribution in [0.1, 0.15) is 17.5 Å². The first-order valence-electron chi connectivity index (χ1n) is 9.91. The highest BCUT2D eigenvalue weighted by Crippen LogP contribution is 2.34. The van der Waals surface area contributed by atoms with Crippen molar-refractivity contribution in [1.82, 2.24) is 0 Å². The van der Waals surface area contributed by atoms with Crippen molar-refractivity contribution in [3.63, 3.8) is 0 Å². The molecule has 3 aromatic rings. The van der Waals surface area contributed by atoms with Crippen LogP contribution in [0.5, 0.6) is 0 Å². The van der Waals surface area contributed by atoms with Crippen LogP contribution in [0.4, 0.5) is 24.5 Å². The van der Waals surface area contributed by atoms with Crippen LogP contribution in [-0.2, 0) is 32.2 Å². The Balaban J connectivity index is 1.65. The smallest absolute Gasteiger partial charge is 0.264 e. The Morgan fingerprint density at radius 2 is 1.55 bits per heavy atom. The zero-order valence-electron chi connectivity index (χ0n) is 17.1. The molecule has 0 fully saturated rings. The molecule has 174 valence electrons. The lowest BCUT2D eigenvalue weighted by Gasteiger charge is -2.31. The summed E-state index contributed by atoms with van der Waals surface area (Å²) in [5.74, 6) is -3.00. The van der Waals surface area contributed by atoms with Gasteiger partial charge < -0.3 is 0 Å². The van der Waals surface area contributed by atoms with Crippen molar-refractivity contribution >= 4 is 31.4 Å². The van der Waals surface area contributed by atoms with Crippen molar-refractivity contribution in [3.05, 3.63) is 89.2 Å². The van der Waals surface area contributed by atoms with Crippen molar-refractivity contribution < 1.29 is 30.0 Å². The molecule has 0 aliphatic carbocycles. The quantitative estimate of drug-likeness (QED) is 0.555. The summed E-state index contributed by atoms with van der Waals surface area (Å²) in [4.78, 5) is -0.734. The van der Waals surface area contributed by atoms with E-state index < -0.39 is 42.4 Å². The van der Waals surface area contributed by atoms with Crippen LogP contribution in [-0.4, -0.2) is 23.4 Å². The molecule has 0 bridgehead atoms. The van der Waals surface area contributed by atoms with Gasteiger partial charge in [-0.2, -0.15) is 0 Å². The van der Waals surface area contributed by atoms with Gasteiger partial charge in [-0.15, -0.1) is 0 Å². The first-order chi connectivity index (χ1) is 15.5. The predicted octanol–water partition coefficient (Wildman–Crippen LogP) is 4.19. The molecule has 0 radical (unpaired) electrons. The Kier molecular flexibility index (Phi) is 6.10. The topological polar surface area (TPSA) is 83.6 Å². The number of hydrogen-bond donors (Lipinski definition) is 1. The van der Waals surface area contributed by atoms with Crippen LogP contribution in [0.2, 0.25) is 0 Å². The Labute approximate surface area is 189 Å². The number of nitrogens with one attached hydrogen (secondary N) is 1. The van der Waals surface area contributed by atoms with Gasteiger partial charge in [0.25, 0.3) is 10.0 Å². The van der Waals surface area contributed by atoms with Crippen molar-refractivity contribution in [2.24, 2.45) is 0 Å². The number of nitrogens with zero attached hydrogens (tertiary/aromatic N) is 1. The van der Waals surface area contributed by atoms with Gasteiger partial charge in [0.05, 0.1) is 17.1 Å². The zero-order chi connectivity index (χ0) is 23.8. The molecule has 1 aliphatic rings. The van der Waals surface area contributed by atoms with E-state index in [2.05, 4.69) is 4.72 Å². The second-order valence-corrected chi connectivity index (χ2v) is 11.1. The van der Waals surface area contributed by atoms with Gasteiger partial charge in [-0.05, 0) is 60.4 Å². The van der Waals surface area contributed by atoms with Crippen LogP contribution in [0.15, 0.2) is 65.6 Å². The number of sulfonamides is 2. The van der Waals surface area contributed by atoms with Crippen LogP contribution >= 0.6 is 0 Å². The second kappa shape index (κ2) is 8.71. The number of benzene rings is 3. The molecule has 1 N–H and O–H groups in total. The molecule has 0 atom stereocenters. The highest BCUT2D eigenvalue weighted by Gasteiger charge is 2.29. The Bertz CT molecular complexity index is 1410. The lowest BCUT2D eigenvalue weighted by Crippen LogP contribution is -2.36. The van der Waals surface area contributed by atoms with Gasteiger partial charge in [-0.3, -0.25) is 9.03 Å². The molecule has 33 heavy (non-hydrogen) atoms. The minimum Gasteiger partial charge on any atom is -0.279 e. The summed E-state index contributed by atoms with van der Waals surface area (Å²) >= 11 is 0. The molecular weight excluding hydrogens is 477 g/mol. The van der Waals surface area contributed by atoms with Crippen LogP contribution in [0.25, 0.3) is 0 Å². The first kappa shape index (κ1) is 23.1. The monoisotopic (exact) mass is 496 g/mol. The molecule has 0 saturated carbocycles. The minimum absolute atomic E-state index is 0.0290. The molecule has 0 unspecified atom stereocenters. The van der Waals surface area contributed by atoms with Gasteiger partial charge in [0, 0.05) is 12.6 Å². The summed E-state index contributed by atoms with van der Waals surface area (Å²) < 4.78 is 95.2. The van der Waals surface area contributed by atoms with Gasteiger partial charge in [0.15, 0.2) is 0 Å². The van der Waals surface area contributed by atoms with Gasteiger partial charge >= 0.3 is 0 Å². The van der Waals surface area contributed by atoms with Gasteiger partial charge in [0.2, 0.25) is 10.0 Å². The summed E-state index contributed by atoms with van der Waals surface area (Å²) in [6.07, 6.45) is 1.17. The Morgan fingerprint density at radius 3 is 2.24 bits per heavy atom. The molecule has 1 aliphatic heterocycles. The molecule has 1 heterocycles. The van der Waals surface area contributed by atoms with Gasteiger partial charge in [-0.25, -0.2) is 30.0 Å². The number of anilines is 2. The number of fused-ring (bicyclic) bond motifs is 1. The van der Waals surface area contributed by atoms with E-state index in [9.17, 15) is 30.0 Å². The maximum atomic E-state index is 14.0. The second-order valence-electron chi connectivity index (χ2n) is 7.58. The SMILES string of the molecule is O=S(=O)(Nc1ccc2c(c1)N(S(=O)(=O)Cc1ccc(F)cc1)CCC2)c1ccc(F)cc1F. The maximum Gasteiger partial charge on any atom is 0.264 e. The number of halogens is 3.